The Morgan fingerprint density at radius 1 is 1.38 bits per heavy atom. The summed E-state index contributed by atoms with van der Waals surface area (Å²) in [5.74, 6) is 1.47. The Hall–Kier alpha value is -1.07. The Bertz CT molecular complexity index is 507. The van der Waals surface area contributed by atoms with Crippen molar-refractivity contribution >= 4 is 17.3 Å². The third-order valence-corrected chi connectivity index (χ3v) is 6.40. The lowest BCUT2D eigenvalue weighted by Crippen LogP contribution is -2.45. The van der Waals surface area contributed by atoms with Crippen molar-refractivity contribution in [2.75, 3.05) is 26.2 Å². The number of nitrogens with one attached hydrogen (secondary N) is 2. The Morgan fingerprint density at radius 2 is 2.21 bits per heavy atom. The average molecular weight is 349 g/mol. The Kier molecular flexibility index (Phi) is 6.55. The summed E-state index contributed by atoms with van der Waals surface area (Å²) in [5, 5.41) is 9.24. The minimum Gasteiger partial charge on any atom is -0.357 e. The lowest BCUT2D eigenvalue weighted by atomic mass is 10.1. The molecular formula is C19H32N4S. The average Bonchev–Trinajstić information content (AvgIpc) is 3.33. The van der Waals surface area contributed by atoms with Gasteiger partial charge in [-0.3, -0.25) is 9.89 Å². The van der Waals surface area contributed by atoms with E-state index in [4.69, 9.17) is 4.99 Å². The molecule has 4 nitrogen and oxygen atoms in total. The van der Waals surface area contributed by atoms with E-state index in [1.807, 2.05) is 11.3 Å². The highest BCUT2D eigenvalue weighted by Gasteiger charge is 2.30. The van der Waals surface area contributed by atoms with Gasteiger partial charge in [0.1, 0.15) is 0 Å². The molecule has 1 saturated carbocycles. The molecule has 2 atom stereocenters. The van der Waals surface area contributed by atoms with Gasteiger partial charge in [0.25, 0.3) is 0 Å². The van der Waals surface area contributed by atoms with Crippen LogP contribution in [-0.2, 0) is 0 Å². The molecule has 3 rings (SSSR count). The number of hydrogen-bond donors (Lipinski definition) is 2. The standard InChI is InChI=1S/C19H32N4S/c1-3-20-19(21-13-15(2)18-9-6-12-24-18)22-16-10-11-23(14-16)17-7-4-5-8-17/h6,9,12,15-17H,3-5,7-8,10-11,13-14H2,1-2H3,(H2,20,21,22). The van der Waals surface area contributed by atoms with E-state index in [0.717, 1.165) is 25.1 Å². The van der Waals surface area contributed by atoms with Crippen LogP contribution in [0, 0.1) is 0 Å². The quantitative estimate of drug-likeness (QED) is 0.611. The molecule has 5 heteroatoms. The molecule has 24 heavy (non-hydrogen) atoms. The SMILES string of the molecule is CCNC(=NCC(C)c1cccs1)NC1CCN(C2CCCC2)C1. The summed E-state index contributed by atoms with van der Waals surface area (Å²) in [4.78, 5) is 8.95. The van der Waals surface area contributed by atoms with E-state index in [-0.39, 0.29) is 0 Å². The molecule has 2 fully saturated rings. The van der Waals surface area contributed by atoms with Gasteiger partial charge in [-0.15, -0.1) is 11.3 Å². The van der Waals surface area contributed by atoms with Crippen molar-refractivity contribution in [3.05, 3.63) is 22.4 Å². The first-order valence-electron chi connectivity index (χ1n) is 9.58. The van der Waals surface area contributed by atoms with Gasteiger partial charge >= 0.3 is 0 Å². The number of nitrogens with zero attached hydrogens (tertiary/aromatic N) is 2. The third-order valence-electron chi connectivity index (χ3n) is 5.30. The summed E-state index contributed by atoms with van der Waals surface area (Å²) in [7, 11) is 0. The van der Waals surface area contributed by atoms with Gasteiger partial charge in [0.15, 0.2) is 5.96 Å². The van der Waals surface area contributed by atoms with Crippen molar-refractivity contribution in [1.29, 1.82) is 0 Å². The van der Waals surface area contributed by atoms with Gasteiger partial charge in [-0.2, -0.15) is 0 Å². The number of guanidine groups is 1. The van der Waals surface area contributed by atoms with Crippen LogP contribution in [0.2, 0.25) is 0 Å². The van der Waals surface area contributed by atoms with Crippen LogP contribution in [0.4, 0.5) is 0 Å². The molecule has 1 aliphatic carbocycles. The molecule has 2 N–H and O–H groups in total. The molecule has 2 unspecified atom stereocenters. The van der Waals surface area contributed by atoms with Crippen LogP contribution >= 0.6 is 11.3 Å². The van der Waals surface area contributed by atoms with E-state index in [1.165, 1.54) is 50.1 Å². The molecule has 0 bridgehead atoms. The summed E-state index contributed by atoms with van der Waals surface area (Å²) < 4.78 is 0. The third kappa shape index (κ3) is 4.73. The summed E-state index contributed by atoms with van der Waals surface area (Å²) in [6, 6.07) is 5.72. The molecule has 1 saturated heterocycles. The molecule has 0 spiro atoms. The topological polar surface area (TPSA) is 39.7 Å². The monoisotopic (exact) mass is 348 g/mol. The summed E-state index contributed by atoms with van der Waals surface area (Å²) in [5.41, 5.74) is 0. The van der Waals surface area contributed by atoms with Crippen molar-refractivity contribution in [3.63, 3.8) is 0 Å². The van der Waals surface area contributed by atoms with E-state index in [2.05, 4.69) is 46.9 Å². The predicted octanol–water partition coefficient (Wildman–Crippen LogP) is 3.42. The first-order valence-corrected chi connectivity index (χ1v) is 10.5. The van der Waals surface area contributed by atoms with Crippen molar-refractivity contribution in [2.24, 2.45) is 4.99 Å². The lowest BCUT2D eigenvalue weighted by Gasteiger charge is -2.24. The molecule has 1 aliphatic heterocycles. The molecule has 1 aromatic heterocycles. The van der Waals surface area contributed by atoms with Gasteiger partial charge < -0.3 is 10.6 Å². The normalized spacial score (nSPS) is 24.4. The highest BCUT2D eigenvalue weighted by atomic mass is 32.1. The van der Waals surface area contributed by atoms with Crippen LogP contribution in [0.3, 0.4) is 0 Å². The summed E-state index contributed by atoms with van der Waals surface area (Å²) in [6.45, 7) is 8.58. The minimum absolute atomic E-state index is 0.485. The largest absolute Gasteiger partial charge is 0.357 e. The second-order valence-electron chi connectivity index (χ2n) is 7.20. The minimum atomic E-state index is 0.485. The van der Waals surface area contributed by atoms with E-state index >= 15 is 0 Å². The number of hydrogen-bond acceptors (Lipinski definition) is 3. The van der Waals surface area contributed by atoms with E-state index < -0.39 is 0 Å². The molecule has 2 heterocycles. The Morgan fingerprint density at radius 3 is 2.92 bits per heavy atom. The lowest BCUT2D eigenvalue weighted by molar-refractivity contribution is 0.242. The maximum absolute atomic E-state index is 4.84. The Labute approximate surface area is 150 Å². The molecular weight excluding hydrogens is 316 g/mol. The highest BCUT2D eigenvalue weighted by Crippen LogP contribution is 2.26. The van der Waals surface area contributed by atoms with Gasteiger partial charge in [-0.1, -0.05) is 25.8 Å². The van der Waals surface area contributed by atoms with Gasteiger partial charge in [0.2, 0.25) is 0 Å². The zero-order valence-corrected chi connectivity index (χ0v) is 15.9. The van der Waals surface area contributed by atoms with Gasteiger partial charge in [0.05, 0.1) is 6.54 Å². The van der Waals surface area contributed by atoms with Crippen LogP contribution < -0.4 is 10.6 Å². The van der Waals surface area contributed by atoms with E-state index in [9.17, 15) is 0 Å². The summed E-state index contributed by atoms with van der Waals surface area (Å²) >= 11 is 1.83. The smallest absolute Gasteiger partial charge is 0.191 e. The number of thiophene rings is 1. The van der Waals surface area contributed by atoms with Crippen molar-refractivity contribution in [3.8, 4) is 0 Å². The number of aliphatic imine (C=N–C) groups is 1. The molecule has 0 radical (unpaired) electrons. The van der Waals surface area contributed by atoms with Crippen molar-refractivity contribution in [2.45, 2.75) is 64.0 Å². The second kappa shape index (κ2) is 8.86. The zero-order valence-electron chi connectivity index (χ0n) is 15.1. The van der Waals surface area contributed by atoms with Crippen LogP contribution in [0.25, 0.3) is 0 Å². The van der Waals surface area contributed by atoms with Crippen LogP contribution in [-0.4, -0.2) is 49.1 Å². The van der Waals surface area contributed by atoms with E-state index in [1.54, 1.807) is 0 Å². The predicted molar refractivity (Wildman–Crippen MR) is 104 cm³/mol. The maximum atomic E-state index is 4.84. The van der Waals surface area contributed by atoms with Gasteiger partial charge in [0, 0.05) is 42.5 Å². The molecule has 134 valence electrons. The molecule has 2 aliphatic rings. The molecule has 1 aromatic rings. The van der Waals surface area contributed by atoms with Crippen LogP contribution in [0.1, 0.15) is 56.7 Å². The van der Waals surface area contributed by atoms with Crippen LogP contribution in [0.15, 0.2) is 22.5 Å². The fraction of sp³-hybridized carbons (Fsp3) is 0.737. The fourth-order valence-electron chi connectivity index (χ4n) is 3.91. The number of rotatable bonds is 6. The first-order chi connectivity index (χ1) is 11.8. The summed E-state index contributed by atoms with van der Waals surface area (Å²) in [6.07, 6.45) is 6.88. The van der Waals surface area contributed by atoms with Crippen LogP contribution in [0.5, 0.6) is 0 Å². The zero-order chi connectivity index (χ0) is 16.8. The highest BCUT2D eigenvalue weighted by molar-refractivity contribution is 7.10. The first kappa shape index (κ1) is 17.7. The molecule has 0 amide bonds. The number of likely N-dealkylation sites (tertiary alicyclic amines) is 1. The maximum Gasteiger partial charge on any atom is 0.191 e. The van der Waals surface area contributed by atoms with Crippen molar-refractivity contribution in [1.82, 2.24) is 15.5 Å². The van der Waals surface area contributed by atoms with Gasteiger partial charge in [-0.25, -0.2) is 0 Å². The molecule has 0 aromatic carbocycles. The Balaban J connectivity index is 1.51. The van der Waals surface area contributed by atoms with Gasteiger partial charge in [-0.05, 0) is 37.6 Å². The van der Waals surface area contributed by atoms with E-state index in [0.29, 0.717) is 12.0 Å². The van der Waals surface area contributed by atoms with Crippen molar-refractivity contribution < 1.29 is 0 Å². The fourth-order valence-corrected chi connectivity index (χ4v) is 4.69. The second-order valence-corrected chi connectivity index (χ2v) is 8.18.